The van der Waals surface area contributed by atoms with Crippen LogP contribution in [0, 0.1) is 6.92 Å². The summed E-state index contributed by atoms with van der Waals surface area (Å²) in [5.41, 5.74) is 1.19. The Labute approximate surface area is 176 Å². The van der Waals surface area contributed by atoms with E-state index in [-0.39, 0.29) is 6.61 Å². The van der Waals surface area contributed by atoms with Gasteiger partial charge in [0.05, 0.1) is 11.6 Å². The first-order chi connectivity index (χ1) is 14.1. The van der Waals surface area contributed by atoms with E-state index in [1.807, 2.05) is 43.5 Å². The maximum absolute atomic E-state index is 9.57. The van der Waals surface area contributed by atoms with Gasteiger partial charge in [-0.2, -0.15) is 0 Å². The minimum atomic E-state index is 0.192. The summed E-state index contributed by atoms with van der Waals surface area (Å²) < 4.78 is 7.87. The maximum Gasteiger partial charge on any atom is 0.136 e. The van der Waals surface area contributed by atoms with Crippen molar-refractivity contribution in [2.45, 2.75) is 32.5 Å². The molecule has 4 rings (SSSR count). The van der Waals surface area contributed by atoms with E-state index in [0.717, 1.165) is 56.5 Å². The van der Waals surface area contributed by atoms with Gasteiger partial charge in [-0.3, -0.25) is 9.80 Å². The molecule has 1 aliphatic heterocycles. The van der Waals surface area contributed by atoms with Crippen molar-refractivity contribution < 1.29 is 9.52 Å². The molecule has 0 saturated carbocycles. The van der Waals surface area contributed by atoms with Gasteiger partial charge >= 0.3 is 0 Å². The molecule has 0 aromatic carbocycles. The van der Waals surface area contributed by atoms with Crippen LogP contribution in [0.15, 0.2) is 53.2 Å². The first-order valence-corrected chi connectivity index (χ1v) is 10.4. The van der Waals surface area contributed by atoms with E-state index in [0.29, 0.717) is 11.1 Å². The number of aryl methyl sites for hydroxylation is 1. The van der Waals surface area contributed by atoms with Gasteiger partial charge in [0, 0.05) is 56.9 Å². The highest BCUT2D eigenvalue weighted by Gasteiger charge is 2.27. The van der Waals surface area contributed by atoms with Crippen LogP contribution in [0.1, 0.15) is 23.6 Å². The molecule has 29 heavy (non-hydrogen) atoms. The molecule has 1 saturated heterocycles. The standard InChI is InChI=1S/C22H27ClN4O2/c1-17-4-6-21(29-17)16-26-11-10-25(14-19(26)8-12-28)15-20-3-2-9-27(20)22-7-5-18(23)13-24-22/h2-7,9,13,19,28H,8,10-12,14-16H2,1H3/t19-/m1/s1. The number of nitrogens with zero attached hydrogens (tertiary/aromatic N) is 4. The second-order valence-electron chi connectivity index (χ2n) is 7.59. The summed E-state index contributed by atoms with van der Waals surface area (Å²) in [7, 11) is 0. The molecule has 4 heterocycles. The predicted octanol–water partition coefficient (Wildman–Crippen LogP) is 3.50. The topological polar surface area (TPSA) is 57.7 Å². The zero-order valence-corrected chi connectivity index (χ0v) is 17.4. The molecule has 1 aliphatic rings. The maximum atomic E-state index is 9.57. The number of furan rings is 1. The van der Waals surface area contributed by atoms with Crippen LogP contribution in [0.4, 0.5) is 0 Å². The number of aromatic nitrogens is 2. The molecule has 7 heteroatoms. The molecule has 0 aliphatic carbocycles. The molecule has 3 aromatic rings. The fourth-order valence-corrected chi connectivity index (χ4v) is 4.12. The van der Waals surface area contributed by atoms with Crippen molar-refractivity contribution in [2.75, 3.05) is 26.2 Å². The fourth-order valence-electron chi connectivity index (χ4n) is 4.01. The average Bonchev–Trinajstić information content (AvgIpc) is 3.33. The number of rotatable bonds is 7. The van der Waals surface area contributed by atoms with E-state index in [4.69, 9.17) is 16.0 Å². The highest BCUT2D eigenvalue weighted by atomic mass is 35.5. The minimum Gasteiger partial charge on any atom is -0.465 e. The lowest BCUT2D eigenvalue weighted by molar-refractivity contribution is 0.0446. The zero-order valence-electron chi connectivity index (χ0n) is 16.7. The smallest absolute Gasteiger partial charge is 0.136 e. The fraction of sp³-hybridized carbons (Fsp3) is 0.409. The third-order valence-corrected chi connectivity index (χ3v) is 5.71. The number of hydrogen-bond donors (Lipinski definition) is 1. The Morgan fingerprint density at radius 3 is 2.79 bits per heavy atom. The van der Waals surface area contributed by atoms with Crippen LogP contribution in [0.3, 0.4) is 0 Å². The molecule has 0 radical (unpaired) electrons. The molecular formula is C22H27ClN4O2. The Morgan fingerprint density at radius 2 is 2.07 bits per heavy atom. The van der Waals surface area contributed by atoms with E-state index in [1.54, 1.807) is 6.20 Å². The molecular weight excluding hydrogens is 388 g/mol. The van der Waals surface area contributed by atoms with Crippen LogP contribution in [0.2, 0.25) is 5.02 Å². The molecule has 0 unspecified atom stereocenters. The van der Waals surface area contributed by atoms with E-state index in [9.17, 15) is 5.11 Å². The predicted molar refractivity (Wildman–Crippen MR) is 113 cm³/mol. The summed E-state index contributed by atoms with van der Waals surface area (Å²) in [5, 5.41) is 10.2. The number of pyridine rings is 1. The summed E-state index contributed by atoms with van der Waals surface area (Å²) in [6, 6.07) is 12.3. The van der Waals surface area contributed by atoms with Crippen molar-refractivity contribution in [1.29, 1.82) is 0 Å². The number of hydrogen-bond acceptors (Lipinski definition) is 5. The Hall–Kier alpha value is -2.12. The second kappa shape index (κ2) is 9.13. The van der Waals surface area contributed by atoms with Crippen LogP contribution in [-0.4, -0.2) is 56.7 Å². The number of halogens is 1. The lowest BCUT2D eigenvalue weighted by atomic mass is 10.1. The van der Waals surface area contributed by atoms with Crippen molar-refractivity contribution >= 4 is 11.6 Å². The zero-order chi connectivity index (χ0) is 20.2. The summed E-state index contributed by atoms with van der Waals surface area (Å²) in [6.45, 7) is 6.63. The molecule has 0 bridgehead atoms. The van der Waals surface area contributed by atoms with Gasteiger partial charge in [0.2, 0.25) is 0 Å². The molecule has 0 spiro atoms. The van der Waals surface area contributed by atoms with Crippen LogP contribution in [0.25, 0.3) is 5.82 Å². The third kappa shape index (κ3) is 4.90. The number of aliphatic hydroxyl groups excluding tert-OH is 1. The lowest BCUT2D eigenvalue weighted by Crippen LogP contribution is -2.52. The van der Waals surface area contributed by atoms with Crippen molar-refractivity contribution in [2.24, 2.45) is 0 Å². The first-order valence-electron chi connectivity index (χ1n) is 10.0. The molecule has 1 atom stereocenters. The average molecular weight is 415 g/mol. The van der Waals surface area contributed by atoms with Gasteiger partial charge in [0.1, 0.15) is 17.3 Å². The largest absolute Gasteiger partial charge is 0.465 e. The van der Waals surface area contributed by atoms with E-state index in [1.165, 1.54) is 5.69 Å². The van der Waals surface area contributed by atoms with Gasteiger partial charge < -0.3 is 14.1 Å². The van der Waals surface area contributed by atoms with Crippen molar-refractivity contribution in [3.05, 3.63) is 71.0 Å². The van der Waals surface area contributed by atoms with Gasteiger partial charge in [0.25, 0.3) is 0 Å². The van der Waals surface area contributed by atoms with Crippen molar-refractivity contribution in [1.82, 2.24) is 19.4 Å². The normalized spacial score (nSPS) is 18.4. The monoisotopic (exact) mass is 414 g/mol. The quantitative estimate of drug-likeness (QED) is 0.641. The van der Waals surface area contributed by atoms with Gasteiger partial charge in [0.15, 0.2) is 0 Å². The first kappa shape index (κ1) is 20.2. The molecule has 6 nitrogen and oxygen atoms in total. The van der Waals surface area contributed by atoms with Crippen LogP contribution in [-0.2, 0) is 13.1 Å². The van der Waals surface area contributed by atoms with Gasteiger partial charge in [-0.1, -0.05) is 11.6 Å². The highest BCUT2D eigenvalue weighted by molar-refractivity contribution is 6.30. The Morgan fingerprint density at radius 1 is 1.17 bits per heavy atom. The van der Waals surface area contributed by atoms with Crippen LogP contribution < -0.4 is 0 Å². The van der Waals surface area contributed by atoms with E-state index in [2.05, 4.69) is 25.4 Å². The number of aliphatic hydroxyl groups is 1. The van der Waals surface area contributed by atoms with E-state index < -0.39 is 0 Å². The second-order valence-corrected chi connectivity index (χ2v) is 8.02. The van der Waals surface area contributed by atoms with Crippen molar-refractivity contribution in [3.8, 4) is 5.82 Å². The summed E-state index contributed by atoms with van der Waals surface area (Å²) in [5.74, 6) is 2.80. The minimum absolute atomic E-state index is 0.192. The molecule has 3 aromatic heterocycles. The van der Waals surface area contributed by atoms with E-state index >= 15 is 0 Å². The van der Waals surface area contributed by atoms with Crippen LogP contribution in [0.5, 0.6) is 0 Å². The highest BCUT2D eigenvalue weighted by Crippen LogP contribution is 2.21. The Balaban J connectivity index is 1.43. The molecule has 1 N–H and O–H groups in total. The third-order valence-electron chi connectivity index (χ3n) is 5.48. The Bertz CT molecular complexity index is 921. The lowest BCUT2D eigenvalue weighted by Gasteiger charge is -2.41. The van der Waals surface area contributed by atoms with Gasteiger partial charge in [-0.05, 0) is 49.7 Å². The molecule has 0 amide bonds. The molecule has 154 valence electrons. The van der Waals surface area contributed by atoms with Crippen LogP contribution >= 0.6 is 11.6 Å². The van der Waals surface area contributed by atoms with Crippen molar-refractivity contribution in [3.63, 3.8) is 0 Å². The summed E-state index contributed by atoms with van der Waals surface area (Å²) in [6.07, 6.45) is 4.47. The molecule has 1 fully saturated rings. The van der Waals surface area contributed by atoms with Gasteiger partial charge in [-0.25, -0.2) is 4.98 Å². The SMILES string of the molecule is Cc1ccc(CN2CCN(Cc3cccn3-c3ccc(Cl)cn3)C[C@H]2CCO)o1. The summed E-state index contributed by atoms with van der Waals surface area (Å²) >= 11 is 5.98. The van der Waals surface area contributed by atoms with Gasteiger partial charge in [-0.15, -0.1) is 0 Å². The number of piperazine rings is 1. The Kier molecular flexibility index (Phi) is 6.35. The summed E-state index contributed by atoms with van der Waals surface area (Å²) in [4.78, 5) is 9.31.